The van der Waals surface area contributed by atoms with Crippen molar-refractivity contribution in [3.8, 4) is 0 Å². The highest BCUT2D eigenvalue weighted by atomic mass is 19.4. The van der Waals surface area contributed by atoms with Crippen LogP contribution in [0, 0.1) is 11.3 Å². The molecule has 1 spiro atoms. The van der Waals surface area contributed by atoms with Gasteiger partial charge in [0.15, 0.2) is 0 Å². The molecule has 0 saturated heterocycles. The van der Waals surface area contributed by atoms with Crippen molar-refractivity contribution >= 4 is 11.8 Å². The molecule has 0 unspecified atom stereocenters. The molecule has 0 heterocycles. The Hall–Kier alpha value is -1.72. The maximum atomic E-state index is 12.8. The van der Waals surface area contributed by atoms with E-state index < -0.39 is 17.8 Å². The van der Waals surface area contributed by atoms with Crippen LogP contribution in [0.25, 0.3) is 0 Å². The Morgan fingerprint density at radius 2 is 1.92 bits per heavy atom. The van der Waals surface area contributed by atoms with Gasteiger partial charge in [-0.05, 0) is 62.6 Å². The summed E-state index contributed by atoms with van der Waals surface area (Å²) in [4.78, 5) is 12.2. The molecule has 3 rings (SSSR count). The first-order valence-electron chi connectivity index (χ1n) is 9.47. The van der Waals surface area contributed by atoms with Crippen molar-refractivity contribution in [2.45, 2.75) is 70.6 Å². The third-order valence-electron chi connectivity index (χ3n) is 6.07. The van der Waals surface area contributed by atoms with E-state index in [4.69, 9.17) is 4.74 Å². The molecule has 1 amide bonds. The van der Waals surface area contributed by atoms with Crippen LogP contribution >= 0.6 is 0 Å². The summed E-state index contributed by atoms with van der Waals surface area (Å²) in [7, 11) is 0. The van der Waals surface area contributed by atoms with Gasteiger partial charge >= 0.3 is 12.3 Å². The van der Waals surface area contributed by atoms with Crippen LogP contribution in [0.5, 0.6) is 0 Å². The number of hydrogen-bond donors (Lipinski definition) is 1. The minimum absolute atomic E-state index is 0.0927. The molecule has 0 aliphatic heterocycles. The maximum absolute atomic E-state index is 12.8. The van der Waals surface area contributed by atoms with Crippen molar-refractivity contribution in [3.05, 3.63) is 29.8 Å². The summed E-state index contributed by atoms with van der Waals surface area (Å²) in [6, 6.07) is 4.61. The normalized spacial score (nSPS) is 28.5. The highest BCUT2D eigenvalue weighted by molar-refractivity contribution is 5.84. The fraction of sp³-hybridized carbons (Fsp3) is 0.650. The summed E-state index contributed by atoms with van der Waals surface area (Å²) >= 11 is 0. The van der Waals surface area contributed by atoms with Crippen LogP contribution in [0.15, 0.2) is 24.3 Å². The van der Waals surface area contributed by atoms with E-state index in [-0.39, 0.29) is 17.2 Å². The van der Waals surface area contributed by atoms with E-state index in [1.54, 1.807) is 0 Å². The van der Waals surface area contributed by atoms with Crippen molar-refractivity contribution < 1.29 is 22.7 Å². The van der Waals surface area contributed by atoms with Crippen LogP contribution in [0.2, 0.25) is 0 Å². The van der Waals surface area contributed by atoms with Crippen molar-refractivity contribution in [1.29, 1.82) is 0 Å². The summed E-state index contributed by atoms with van der Waals surface area (Å²) < 4.78 is 43.9. The Kier molecular flexibility index (Phi) is 5.49. The molecule has 2 aliphatic carbocycles. The number of ether oxygens (including phenoxy) is 1. The van der Waals surface area contributed by atoms with Crippen LogP contribution in [0.3, 0.4) is 0 Å². The van der Waals surface area contributed by atoms with Crippen molar-refractivity contribution in [2.24, 2.45) is 11.3 Å². The van der Waals surface area contributed by atoms with Gasteiger partial charge in [-0.25, -0.2) is 4.79 Å². The van der Waals surface area contributed by atoms with Gasteiger partial charge in [0, 0.05) is 11.1 Å². The first kappa shape index (κ1) is 19.1. The van der Waals surface area contributed by atoms with Gasteiger partial charge in [0.05, 0.1) is 5.56 Å². The van der Waals surface area contributed by atoms with Crippen molar-refractivity contribution in [3.63, 3.8) is 0 Å². The van der Waals surface area contributed by atoms with Gasteiger partial charge < -0.3 is 4.74 Å². The number of benzene rings is 1. The number of rotatable bonds is 4. The van der Waals surface area contributed by atoms with Crippen LogP contribution in [0.4, 0.5) is 23.7 Å². The fourth-order valence-electron chi connectivity index (χ4n) is 4.43. The van der Waals surface area contributed by atoms with Gasteiger partial charge in [-0.2, -0.15) is 13.2 Å². The highest BCUT2D eigenvalue weighted by Crippen LogP contribution is 2.54. The SMILES string of the molecule is CCCC1CCC2(CC1)CC[C@H]2OC(=O)Nc1cccc(C(F)(F)F)c1. The van der Waals surface area contributed by atoms with E-state index >= 15 is 0 Å². The van der Waals surface area contributed by atoms with E-state index in [2.05, 4.69) is 12.2 Å². The summed E-state index contributed by atoms with van der Waals surface area (Å²) in [5, 5.41) is 2.44. The van der Waals surface area contributed by atoms with Gasteiger partial charge in [-0.3, -0.25) is 5.32 Å². The average Bonchev–Trinajstić information content (AvgIpc) is 2.59. The smallest absolute Gasteiger partial charge is 0.416 e. The Bertz CT molecular complexity index is 636. The zero-order chi connectivity index (χ0) is 18.8. The Morgan fingerprint density at radius 3 is 2.50 bits per heavy atom. The van der Waals surface area contributed by atoms with E-state index in [1.807, 2.05) is 0 Å². The number of nitrogens with one attached hydrogen (secondary N) is 1. The second kappa shape index (κ2) is 7.49. The third-order valence-corrected chi connectivity index (χ3v) is 6.07. The monoisotopic (exact) mass is 369 g/mol. The first-order valence-corrected chi connectivity index (χ1v) is 9.47. The molecule has 0 radical (unpaired) electrons. The van der Waals surface area contributed by atoms with E-state index in [9.17, 15) is 18.0 Å². The Labute approximate surface area is 152 Å². The third kappa shape index (κ3) is 4.15. The molecular formula is C20H26F3NO2. The second-order valence-corrected chi connectivity index (χ2v) is 7.73. The number of carbonyl (C=O) groups is 1. The summed E-state index contributed by atoms with van der Waals surface area (Å²) in [5.41, 5.74) is -0.593. The molecule has 144 valence electrons. The number of amides is 1. The van der Waals surface area contributed by atoms with Gasteiger partial charge in [-0.1, -0.05) is 25.8 Å². The molecule has 1 atom stereocenters. The molecule has 1 N–H and O–H groups in total. The lowest BCUT2D eigenvalue weighted by molar-refractivity contribution is -0.137. The van der Waals surface area contributed by atoms with E-state index in [0.717, 1.165) is 43.7 Å². The maximum Gasteiger partial charge on any atom is 0.416 e. The molecule has 2 aliphatic rings. The largest absolute Gasteiger partial charge is 0.445 e. The predicted octanol–water partition coefficient (Wildman–Crippen LogP) is 6.39. The van der Waals surface area contributed by atoms with Gasteiger partial charge in [-0.15, -0.1) is 0 Å². The predicted molar refractivity (Wildman–Crippen MR) is 93.9 cm³/mol. The molecule has 1 aromatic carbocycles. The van der Waals surface area contributed by atoms with Crippen molar-refractivity contribution in [2.75, 3.05) is 5.32 Å². The number of anilines is 1. The zero-order valence-corrected chi connectivity index (χ0v) is 15.1. The molecule has 6 heteroatoms. The van der Waals surface area contributed by atoms with E-state index in [0.29, 0.717) is 0 Å². The molecule has 2 fully saturated rings. The van der Waals surface area contributed by atoms with Gasteiger partial charge in [0.1, 0.15) is 6.10 Å². The van der Waals surface area contributed by atoms with Crippen LogP contribution in [-0.2, 0) is 10.9 Å². The summed E-state index contributed by atoms with van der Waals surface area (Å²) in [6.45, 7) is 2.21. The zero-order valence-electron chi connectivity index (χ0n) is 15.1. The molecule has 2 saturated carbocycles. The lowest BCUT2D eigenvalue weighted by Crippen LogP contribution is -2.50. The van der Waals surface area contributed by atoms with Crippen LogP contribution in [0.1, 0.15) is 63.9 Å². The van der Waals surface area contributed by atoms with Gasteiger partial charge in [0.2, 0.25) is 0 Å². The quantitative estimate of drug-likeness (QED) is 0.667. The number of halogens is 3. The first-order chi connectivity index (χ1) is 12.3. The molecule has 0 aromatic heterocycles. The second-order valence-electron chi connectivity index (χ2n) is 7.73. The standard InChI is InChI=1S/C20H26F3NO2/c1-2-4-14-7-10-19(11-8-14)12-9-17(19)26-18(25)24-16-6-3-5-15(13-16)20(21,22)23/h3,5-6,13-14,17H,2,4,7-12H2,1H3,(H,24,25)/t14?,17-,19?/m1/s1. The number of alkyl halides is 3. The molecule has 3 nitrogen and oxygen atoms in total. The van der Waals surface area contributed by atoms with Crippen molar-refractivity contribution in [1.82, 2.24) is 0 Å². The topological polar surface area (TPSA) is 38.3 Å². The minimum atomic E-state index is -4.43. The van der Waals surface area contributed by atoms with Crippen LogP contribution in [-0.4, -0.2) is 12.2 Å². The molecular weight excluding hydrogens is 343 g/mol. The molecule has 0 bridgehead atoms. The fourth-order valence-corrected chi connectivity index (χ4v) is 4.43. The molecule has 1 aromatic rings. The lowest BCUT2D eigenvalue weighted by atomic mass is 9.57. The number of hydrogen-bond acceptors (Lipinski definition) is 2. The summed E-state index contributed by atoms with van der Waals surface area (Å²) in [5.74, 6) is 0.783. The van der Waals surface area contributed by atoms with E-state index in [1.165, 1.54) is 37.8 Å². The van der Waals surface area contributed by atoms with Gasteiger partial charge in [0.25, 0.3) is 0 Å². The average molecular weight is 369 g/mol. The lowest BCUT2D eigenvalue weighted by Gasteiger charge is -2.52. The summed E-state index contributed by atoms with van der Waals surface area (Å²) in [6.07, 6.45) is 3.71. The minimum Gasteiger partial charge on any atom is -0.445 e. The number of carbonyl (C=O) groups excluding carboxylic acids is 1. The Morgan fingerprint density at radius 1 is 1.23 bits per heavy atom. The molecule has 26 heavy (non-hydrogen) atoms. The Balaban J connectivity index is 1.54. The highest BCUT2D eigenvalue weighted by Gasteiger charge is 2.50. The van der Waals surface area contributed by atoms with Crippen LogP contribution < -0.4 is 5.32 Å².